The third kappa shape index (κ3) is 3.68. The van der Waals surface area contributed by atoms with Gasteiger partial charge in [-0.05, 0) is 19.0 Å². The Kier molecular flexibility index (Phi) is 4.76. The number of primary amides is 1. The van der Waals surface area contributed by atoms with Crippen molar-refractivity contribution in [1.82, 2.24) is 4.90 Å². The van der Waals surface area contributed by atoms with Gasteiger partial charge in [0.05, 0.1) is 5.92 Å². The first-order valence-corrected chi connectivity index (χ1v) is 6.63. The predicted molar refractivity (Wildman–Crippen MR) is 73.6 cm³/mol. The van der Waals surface area contributed by atoms with Crippen LogP contribution in [0.15, 0.2) is 24.3 Å². The van der Waals surface area contributed by atoms with Gasteiger partial charge in [0, 0.05) is 25.2 Å². The Balaban J connectivity index is 1.77. The number of carbonyl (C=O) groups excluding carboxylic acids is 1. The first-order valence-electron chi connectivity index (χ1n) is 6.63. The molecule has 0 radical (unpaired) electrons. The van der Waals surface area contributed by atoms with E-state index in [1.54, 1.807) is 0 Å². The molecule has 0 saturated carbocycles. The summed E-state index contributed by atoms with van der Waals surface area (Å²) in [5, 5.41) is 0. The van der Waals surface area contributed by atoms with E-state index in [4.69, 9.17) is 16.2 Å². The maximum Gasteiger partial charge on any atom is 0.221 e. The first-order chi connectivity index (χ1) is 9.20. The van der Waals surface area contributed by atoms with Crippen LogP contribution in [0.3, 0.4) is 0 Å². The molecule has 1 heterocycles. The molecule has 104 valence electrons. The second kappa shape index (κ2) is 6.54. The van der Waals surface area contributed by atoms with Crippen molar-refractivity contribution in [3.8, 4) is 5.75 Å². The highest BCUT2D eigenvalue weighted by atomic mass is 16.5. The lowest BCUT2D eigenvalue weighted by Gasteiger charge is -2.16. The molecular formula is C14H21N3O2. The summed E-state index contributed by atoms with van der Waals surface area (Å²) in [6.07, 6.45) is 0.856. The summed E-state index contributed by atoms with van der Waals surface area (Å²) >= 11 is 0. The molecule has 1 aromatic carbocycles. The van der Waals surface area contributed by atoms with Crippen LogP contribution in [0.25, 0.3) is 0 Å². The van der Waals surface area contributed by atoms with Crippen LogP contribution in [0.4, 0.5) is 0 Å². The molecule has 1 aliphatic rings. The molecule has 4 N–H and O–H groups in total. The number of hydrogen-bond donors (Lipinski definition) is 2. The number of benzene rings is 1. The van der Waals surface area contributed by atoms with E-state index in [2.05, 4.69) is 4.90 Å². The van der Waals surface area contributed by atoms with Crippen LogP contribution in [-0.2, 0) is 11.3 Å². The number of amides is 1. The number of ether oxygens (including phenoxy) is 1. The van der Waals surface area contributed by atoms with Crippen molar-refractivity contribution in [2.75, 3.05) is 26.2 Å². The highest BCUT2D eigenvalue weighted by Crippen LogP contribution is 2.18. The van der Waals surface area contributed by atoms with Gasteiger partial charge in [0.1, 0.15) is 12.4 Å². The normalized spacial score (nSPS) is 19.5. The van der Waals surface area contributed by atoms with E-state index < -0.39 is 0 Å². The van der Waals surface area contributed by atoms with E-state index >= 15 is 0 Å². The number of para-hydroxylation sites is 1. The molecule has 1 atom stereocenters. The van der Waals surface area contributed by atoms with Crippen molar-refractivity contribution in [3.63, 3.8) is 0 Å². The lowest BCUT2D eigenvalue weighted by molar-refractivity contribution is -0.121. The van der Waals surface area contributed by atoms with Crippen LogP contribution < -0.4 is 16.2 Å². The average molecular weight is 263 g/mol. The van der Waals surface area contributed by atoms with E-state index in [1.807, 2.05) is 24.3 Å². The highest BCUT2D eigenvalue weighted by Gasteiger charge is 2.26. The summed E-state index contributed by atoms with van der Waals surface area (Å²) in [5.74, 6) is 0.642. The van der Waals surface area contributed by atoms with Crippen molar-refractivity contribution in [1.29, 1.82) is 0 Å². The molecule has 1 aromatic rings. The van der Waals surface area contributed by atoms with Gasteiger partial charge in [0.25, 0.3) is 0 Å². The summed E-state index contributed by atoms with van der Waals surface area (Å²) in [7, 11) is 0. The largest absolute Gasteiger partial charge is 0.492 e. The third-order valence-corrected chi connectivity index (χ3v) is 3.53. The van der Waals surface area contributed by atoms with Gasteiger partial charge in [0.15, 0.2) is 0 Å². The summed E-state index contributed by atoms with van der Waals surface area (Å²) in [5.41, 5.74) is 12.0. The first kappa shape index (κ1) is 13.8. The zero-order valence-corrected chi connectivity index (χ0v) is 11.0. The number of rotatable bonds is 6. The van der Waals surface area contributed by atoms with Crippen LogP contribution in [0.1, 0.15) is 12.0 Å². The maximum absolute atomic E-state index is 11.1. The molecular weight excluding hydrogens is 242 g/mol. The van der Waals surface area contributed by atoms with Crippen LogP contribution >= 0.6 is 0 Å². The van der Waals surface area contributed by atoms with Crippen LogP contribution in [0.2, 0.25) is 0 Å². The van der Waals surface area contributed by atoms with E-state index in [1.165, 1.54) is 0 Å². The van der Waals surface area contributed by atoms with E-state index in [0.717, 1.165) is 37.4 Å². The Morgan fingerprint density at radius 1 is 1.42 bits per heavy atom. The molecule has 0 spiro atoms. The molecule has 1 fully saturated rings. The van der Waals surface area contributed by atoms with Gasteiger partial charge in [-0.15, -0.1) is 0 Å². The van der Waals surface area contributed by atoms with E-state index in [-0.39, 0.29) is 11.8 Å². The van der Waals surface area contributed by atoms with Gasteiger partial charge in [0.2, 0.25) is 5.91 Å². The molecule has 2 rings (SSSR count). The zero-order chi connectivity index (χ0) is 13.7. The predicted octanol–water partition coefficient (Wildman–Crippen LogP) is 0.331. The van der Waals surface area contributed by atoms with Gasteiger partial charge >= 0.3 is 0 Å². The quantitative estimate of drug-likeness (QED) is 0.775. The van der Waals surface area contributed by atoms with Gasteiger partial charge in [-0.3, -0.25) is 9.69 Å². The monoisotopic (exact) mass is 263 g/mol. The van der Waals surface area contributed by atoms with Gasteiger partial charge in [-0.2, -0.15) is 0 Å². The maximum atomic E-state index is 11.1. The molecule has 1 unspecified atom stereocenters. The second-order valence-electron chi connectivity index (χ2n) is 4.85. The van der Waals surface area contributed by atoms with Crippen molar-refractivity contribution in [2.45, 2.75) is 13.0 Å². The Labute approximate surface area is 113 Å². The minimum atomic E-state index is -0.197. The molecule has 5 heteroatoms. The fourth-order valence-electron chi connectivity index (χ4n) is 2.37. The lowest BCUT2D eigenvalue weighted by Crippen LogP contribution is -2.30. The highest BCUT2D eigenvalue weighted by molar-refractivity contribution is 5.77. The number of likely N-dealkylation sites (tertiary alicyclic amines) is 1. The topological polar surface area (TPSA) is 81.6 Å². The van der Waals surface area contributed by atoms with Crippen LogP contribution in [0, 0.1) is 5.92 Å². The fourth-order valence-corrected chi connectivity index (χ4v) is 2.37. The summed E-state index contributed by atoms with van der Waals surface area (Å²) in [6.45, 7) is 3.54. The standard InChI is InChI=1S/C14H21N3O2/c15-9-11-3-1-2-4-13(11)19-8-7-17-6-5-12(10-17)14(16)18/h1-4,12H,5-10,15H2,(H2,16,18). The summed E-state index contributed by atoms with van der Waals surface area (Å²) in [6, 6.07) is 7.78. The van der Waals surface area contributed by atoms with Crippen molar-refractivity contribution < 1.29 is 9.53 Å². The fraction of sp³-hybridized carbons (Fsp3) is 0.500. The number of nitrogens with two attached hydrogens (primary N) is 2. The van der Waals surface area contributed by atoms with E-state index in [9.17, 15) is 4.79 Å². The minimum absolute atomic E-state index is 0.00340. The number of carbonyl (C=O) groups is 1. The Hall–Kier alpha value is -1.59. The summed E-state index contributed by atoms with van der Waals surface area (Å²) in [4.78, 5) is 13.3. The Morgan fingerprint density at radius 3 is 2.89 bits per heavy atom. The minimum Gasteiger partial charge on any atom is -0.492 e. The second-order valence-corrected chi connectivity index (χ2v) is 4.85. The Bertz CT molecular complexity index is 436. The van der Waals surface area contributed by atoms with E-state index in [0.29, 0.717) is 13.2 Å². The zero-order valence-electron chi connectivity index (χ0n) is 11.0. The van der Waals surface area contributed by atoms with Gasteiger partial charge in [-0.1, -0.05) is 18.2 Å². The van der Waals surface area contributed by atoms with Crippen LogP contribution in [-0.4, -0.2) is 37.0 Å². The third-order valence-electron chi connectivity index (χ3n) is 3.53. The molecule has 19 heavy (non-hydrogen) atoms. The number of nitrogens with zero attached hydrogens (tertiary/aromatic N) is 1. The molecule has 5 nitrogen and oxygen atoms in total. The van der Waals surface area contributed by atoms with Gasteiger partial charge < -0.3 is 16.2 Å². The molecule has 1 saturated heterocycles. The molecule has 0 aliphatic carbocycles. The summed E-state index contributed by atoms with van der Waals surface area (Å²) < 4.78 is 5.75. The lowest BCUT2D eigenvalue weighted by atomic mass is 10.1. The van der Waals surface area contributed by atoms with Crippen molar-refractivity contribution in [2.24, 2.45) is 17.4 Å². The van der Waals surface area contributed by atoms with Crippen molar-refractivity contribution in [3.05, 3.63) is 29.8 Å². The van der Waals surface area contributed by atoms with Crippen molar-refractivity contribution >= 4 is 5.91 Å². The molecule has 1 aliphatic heterocycles. The Morgan fingerprint density at radius 2 is 2.21 bits per heavy atom. The average Bonchev–Trinajstić information content (AvgIpc) is 2.88. The van der Waals surface area contributed by atoms with Crippen LogP contribution in [0.5, 0.6) is 5.75 Å². The molecule has 1 amide bonds. The molecule has 0 aromatic heterocycles. The number of hydrogen-bond acceptors (Lipinski definition) is 4. The molecule has 0 bridgehead atoms. The smallest absolute Gasteiger partial charge is 0.221 e. The van der Waals surface area contributed by atoms with Gasteiger partial charge in [-0.25, -0.2) is 0 Å². The SMILES string of the molecule is NCc1ccccc1OCCN1CCC(C(N)=O)C1.